The lowest BCUT2D eigenvalue weighted by atomic mass is 9.84. The maximum absolute atomic E-state index is 12.7. The van der Waals surface area contributed by atoms with Gasteiger partial charge < -0.3 is 0 Å². The Hall–Kier alpha value is -0.850. The van der Waals surface area contributed by atoms with Crippen LogP contribution in [-0.2, 0) is 0 Å². The third-order valence-electron chi connectivity index (χ3n) is 2.13. The van der Waals surface area contributed by atoms with E-state index in [0.717, 1.165) is 5.57 Å². The van der Waals surface area contributed by atoms with Gasteiger partial charge in [0.15, 0.2) is 0 Å². The van der Waals surface area contributed by atoms with Crippen LogP contribution >= 0.6 is 0 Å². The molecule has 0 fully saturated rings. The van der Waals surface area contributed by atoms with Gasteiger partial charge in [0.25, 0.3) is 0 Å². The molecule has 11 heavy (non-hydrogen) atoms. The highest BCUT2D eigenvalue weighted by Gasteiger charge is 2.18. The van der Waals surface area contributed by atoms with Crippen LogP contribution in [0.2, 0.25) is 0 Å². The quantitative estimate of drug-likeness (QED) is 0.506. The fraction of sp³-hybridized carbons (Fsp3) is 0.400. The van der Waals surface area contributed by atoms with Gasteiger partial charge in [-0.25, -0.2) is 4.39 Å². The molecule has 0 aromatic carbocycles. The predicted molar refractivity (Wildman–Crippen MR) is 45.8 cm³/mol. The molecule has 1 rings (SSSR count). The van der Waals surface area contributed by atoms with Crippen LogP contribution in [0.3, 0.4) is 0 Å². The summed E-state index contributed by atoms with van der Waals surface area (Å²) in [6.45, 7) is 7.66. The highest BCUT2D eigenvalue weighted by atomic mass is 19.1. The van der Waals surface area contributed by atoms with E-state index < -0.39 is 0 Å². The molecule has 0 aromatic heterocycles. The molecule has 1 aliphatic carbocycles. The third-order valence-corrected chi connectivity index (χ3v) is 2.13. The average Bonchev–Trinajstić information content (AvgIpc) is 1.85. The molecule has 1 aliphatic rings. The van der Waals surface area contributed by atoms with Crippen LogP contribution in [-0.4, -0.2) is 0 Å². The summed E-state index contributed by atoms with van der Waals surface area (Å²) in [5.41, 5.74) is 1.06. The van der Waals surface area contributed by atoms with Crippen LogP contribution < -0.4 is 0 Å². The van der Waals surface area contributed by atoms with E-state index in [-0.39, 0.29) is 11.7 Å². The zero-order valence-electron chi connectivity index (χ0n) is 6.97. The van der Waals surface area contributed by atoms with E-state index in [1.165, 1.54) is 0 Å². The number of hydrogen-bond acceptors (Lipinski definition) is 0. The van der Waals surface area contributed by atoms with Crippen molar-refractivity contribution in [2.45, 2.75) is 13.8 Å². The van der Waals surface area contributed by atoms with Crippen LogP contribution in [0.15, 0.2) is 36.2 Å². The second-order valence-electron chi connectivity index (χ2n) is 3.06. The Morgan fingerprint density at radius 3 is 2.73 bits per heavy atom. The number of halogens is 1. The van der Waals surface area contributed by atoms with E-state index in [9.17, 15) is 4.39 Å². The predicted octanol–water partition coefficient (Wildman–Crippen LogP) is 3.24. The number of rotatable bonds is 1. The van der Waals surface area contributed by atoms with Crippen molar-refractivity contribution < 1.29 is 4.39 Å². The monoisotopic (exact) mass is 152 g/mol. The summed E-state index contributed by atoms with van der Waals surface area (Å²) in [6, 6.07) is 0. The van der Waals surface area contributed by atoms with Crippen molar-refractivity contribution in [3.63, 3.8) is 0 Å². The SMILES string of the molecule is C=CC1C(C)=CC(F)=CC1C. The van der Waals surface area contributed by atoms with Crippen LogP contribution in [0.4, 0.5) is 4.39 Å². The normalized spacial score (nSPS) is 30.8. The smallest absolute Gasteiger partial charge is 0.119 e. The van der Waals surface area contributed by atoms with Gasteiger partial charge in [-0.05, 0) is 25.0 Å². The van der Waals surface area contributed by atoms with Crippen molar-refractivity contribution in [3.05, 3.63) is 36.2 Å². The molecule has 2 unspecified atom stereocenters. The topological polar surface area (TPSA) is 0 Å². The second kappa shape index (κ2) is 3.04. The van der Waals surface area contributed by atoms with Gasteiger partial charge in [0.2, 0.25) is 0 Å². The van der Waals surface area contributed by atoms with E-state index in [2.05, 4.69) is 6.58 Å². The summed E-state index contributed by atoms with van der Waals surface area (Å²) >= 11 is 0. The van der Waals surface area contributed by atoms with Gasteiger partial charge in [0, 0.05) is 5.92 Å². The lowest BCUT2D eigenvalue weighted by molar-refractivity contribution is 0.535. The van der Waals surface area contributed by atoms with Crippen LogP contribution in [0.1, 0.15) is 13.8 Å². The first-order valence-corrected chi connectivity index (χ1v) is 3.83. The molecule has 0 radical (unpaired) electrons. The van der Waals surface area contributed by atoms with Crippen LogP contribution in [0.5, 0.6) is 0 Å². The van der Waals surface area contributed by atoms with E-state index in [1.807, 2.05) is 19.9 Å². The van der Waals surface area contributed by atoms with E-state index in [0.29, 0.717) is 5.92 Å². The molecule has 0 spiro atoms. The van der Waals surface area contributed by atoms with Crippen molar-refractivity contribution in [2.75, 3.05) is 0 Å². The standard InChI is InChI=1S/C10H13F/c1-4-10-7(2)5-9(11)6-8(10)3/h4-7,10H,1H2,2-3H3. The minimum absolute atomic E-state index is 0.117. The van der Waals surface area contributed by atoms with Gasteiger partial charge in [-0.1, -0.05) is 18.6 Å². The summed E-state index contributed by atoms with van der Waals surface area (Å²) in [5, 5.41) is 0. The first kappa shape index (κ1) is 8.25. The Kier molecular flexibility index (Phi) is 2.28. The number of allylic oxidation sites excluding steroid dienone is 5. The molecule has 1 heteroatoms. The molecule has 0 heterocycles. The van der Waals surface area contributed by atoms with Crippen molar-refractivity contribution in [1.29, 1.82) is 0 Å². The Balaban J connectivity index is 2.90. The Morgan fingerprint density at radius 1 is 1.64 bits per heavy atom. The van der Waals surface area contributed by atoms with Crippen molar-refractivity contribution in [1.82, 2.24) is 0 Å². The van der Waals surface area contributed by atoms with Crippen LogP contribution in [0, 0.1) is 11.8 Å². The molecule has 0 aliphatic heterocycles. The Morgan fingerprint density at radius 2 is 2.27 bits per heavy atom. The minimum Gasteiger partial charge on any atom is -0.207 e. The summed E-state index contributed by atoms with van der Waals surface area (Å²) in [7, 11) is 0. The molecule has 0 nitrogen and oxygen atoms in total. The lowest BCUT2D eigenvalue weighted by Gasteiger charge is -2.21. The van der Waals surface area contributed by atoms with E-state index in [1.54, 1.807) is 12.2 Å². The molecule has 2 atom stereocenters. The fourth-order valence-corrected chi connectivity index (χ4v) is 1.53. The zero-order chi connectivity index (χ0) is 8.43. The summed E-state index contributed by atoms with van der Waals surface area (Å²) in [5.74, 6) is 0.445. The fourth-order valence-electron chi connectivity index (χ4n) is 1.53. The highest BCUT2D eigenvalue weighted by Crippen LogP contribution is 2.29. The van der Waals surface area contributed by atoms with Gasteiger partial charge in [0.1, 0.15) is 5.83 Å². The van der Waals surface area contributed by atoms with Crippen molar-refractivity contribution in [2.24, 2.45) is 11.8 Å². The van der Waals surface area contributed by atoms with Gasteiger partial charge in [0.05, 0.1) is 0 Å². The summed E-state index contributed by atoms with van der Waals surface area (Å²) in [6.07, 6.45) is 5.09. The molecule has 0 saturated carbocycles. The van der Waals surface area contributed by atoms with Gasteiger partial charge in [-0.15, -0.1) is 6.58 Å². The molecule has 0 aromatic rings. The van der Waals surface area contributed by atoms with Crippen LogP contribution in [0.25, 0.3) is 0 Å². The summed E-state index contributed by atoms with van der Waals surface area (Å²) < 4.78 is 12.7. The average molecular weight is 152 g/mol. The maximum Gasteiger partial charge on any atom is 0.119 e. The molecule has 0 N–H and O–H groups in total. The zero-order valence-corrected chi connectivity index (χ0v) is 6.97. The van der Waals surface area contributed by atoms with Crippen molar-refractivity contribution in [3.8, 4) is 0 Å². The lowest BCUT2D eigenvalue weighted by Crippen LogP contribution is -2.11. The second-order valence-corrected chi connectivity index (χ2v) is 3.06. The largest absolute Gasteiger partial charge is 0.207 e. The maximum atomic E-state index is 12.7. The number of hydrogen-bond donors (Lipinski definition) is 0. The van der Waals surface area contributed by atoms with Gasteiger partial charge >= 0.3 is 0 Å². The third kappa shape index (κ3) is 1.59. The highest BCUT2D eigenvalue weighted by molar-refractivity contribution is 5.28. The molecule has 0 bridgehead atoms. The molecule has 0 amide bonds. The van der Waals surface area contributed by atoms with Crippen molar-refractivity contribution >= 4 is 0 Å². The molecule has 60 valence electrons. The minimum atomic E-state index is -0.117. The molecular formula is C10H13F. The van der Waals surface area contributed by atoms with Gasteiger partial charge in [-0.3, -0.25) is 0 Å². The molecule has 0 saturated heterocycles. The Labute approximate surface area is 67.1 Å². The molecular weight excluding hydrogens is 139 g/mol. The first-order valence-electron chi connectivity index (χ1n) is 3.83. The van der Waals surface area contributed by atoms with Gasteiger partial charge in [-0.2, -0.15) is 0 Å². The van der Waals surface area contributed by atoms with E-state index in [4.69, 9.17) is 0 Å². The van der Waals surface area contributed by atoms with E-state index >= 15 is 0 Å². The Bertz CT molecular complexity index is 223. The first-order chi connectivity index (χ1) is 5.15. The summed E-state index contributed by atoms with van der Waals surface area (Å²) in [4.78, 5) is 0.